The second-order valence-electron chi connectivity index (χ2n) is 6.19. The highest BCUT2D eigenvalue weighted by Crippen LogP contribution is 2.32. The summed E-state index contributed by atoms with van der Waals surface area (Å²) in [6.45, 7) is 0.335. The normalized spacial score (nSPS) is 18.4. The standard InChI is InChI=1S/C17H19BrFN3O3S2/c18-15-6-7-16(26-15)27(24,25)22-8-2-1-3-14(22)17(23)21-12-5-4-11(10-20)13(19)9-12/h4-7,9,14H,1-3,8,10,20H2,(H,21,23). The van der Waals surface area contributed by atoms with Crippen molar-refractivity contribution in [3.8, 4) is 0 Å². The highest BCUT2D eigenvalue weighted by atomic mass is 79.9. The number of rotatable bonds is 5. The molecule has 1 aliphatic rings. The van der Waals surface area contributed by atoms with E-state index in [9.17, 15) is 17.6 Å². The van der Waals surface area contributed by atoms with Gasteiger partial charge in [0, 0.05) is 24.3 Å². The first-order chi connectivity index (χ1) is 12.8. The smallest absolute Gasteiger partial charge is 0.253 e. The lowest BCUT2D eigenvalue weighted by Gasteiger charge is -2.33. The maximum atomic E-state index is 13.9. The zero-order chi connectivity index (χ0) is 19.6. The summed E-state index contributed by atoms with van der Waals surface area (Å²) in [5.74, 6) is -0.972. The van der Waals surface area contributed by atoms with E-state index in [4.69, 9.17) is 5.73 Å². The first-order valence-electron chi connectivity index (χ1n) is 8.39. The van der Waals surface area contributed by atoms with Gasteiger partial charge in [0.15, 0.2) is 0 Å². The number of amides is 1. The Morgan fingerprint density at radius 3 is 2.74 bits per heavy atom. The summed E-state index contributed by atoms with van der Waals surface area (Å²) in [6.07, 6.45) is 1.86. The number of anilines is 1. The fourth-order valence-corrected chi connectivity index (χ4v) is 6.82. The number of benzene rings is 1. The molecule has 10 heteroatoms. The van der Waals surface area contributed by atoms with Crippen LogP contribution in [0, 0.1) is 5.82 Å². The number of halogens is 2. The van der Waals surface area contributed by atoms with Gasteiger partial charge in [-0.05, 0) is 53.0 Å². The van der Waals surface area contributed by atoms with E-state index < -0.39 is 27.8 Å². The highest BCUT2D eigenvalue weighted by molar-refractivity contribution is 9.11. The van der Waals surface area contributed by atoms with Gasteiger partial charge in [0.1, 0.15) is 16.1 Å². The number of piperidine rings is 1. The van der Waals surface area contributed by atoms with Crippen molar-refractivity contribution in [1.29, 1.82) is 0 Å². The van der Waals surface area contributed by atoms with Gasteiger partial charge < -0.3 is 11.1 Å². The second-order valence-corrected chi connectivity index (χ2v) is 10.8. The van der Waals surface area contributed by atoms with Crippen LogP contribution in [-0.4, -0.2) is 31.2 Å². The number of sulfonamides is 1. The molecule has 0 spiro atoms. The lowest BCUT2D eigenvalue weighted by Crippen LogP contribution is -2.49. The number of nitrogens with zero attached hydrogens (tertiary/aromatic N) is 1. The fraction of sp³-hybridized carbons (Fsp3) is 0.353. The molecular formula is C17H19BrFN3O3S2. The second kappa shape index (κ2) is 8.36. The lowest BCUT2D eigenvalue weighted by atomic mass is 10.0. The van der Waals surface area contributed by atoms with E-state index in [2.05, 4.69) is 21.2 Å². The van der Waals surface area contributed by atoms with Crippen molar-refractivity contribution in [3.63, 3.8) is 0 Å². The molecule has 1 aromatic heterocycles. The largest absolute Gasteiger partial charge is 0.326 e. The molecule has 1 aliphatic heterocycles. The third-order valence-electron chi connectivity index (χ3n) is 4.41. The molecule has 0 radical (unpaired) electrons. The summed E-state index contributed by atoms with van der Waals surface area (Å²) in [7, 11) is -3.78. The number of carbonyl (C=O) groups is 1. The van der Waals surface area contributed by atoms with Crippen LogP contribution in [0.1, 0.15) is 24.8 Å². The predicted molar refractivity (Wildman–Crippen MR) is 106 cm³/mol. The molecule has 2 heterocycles. The molecule has 1 aromatic carbocycles. The van der Waals surface area contributed by atoms with E-state index in [-0.39, 0.29) is 23.0 Å². The first-order valence-corrected chi connectivity index (χ1v) is 11.4. The van der Waals surface area contributed by atoms with Crippen LogP contribution >= 0.6 is 27.3 Å². The minimum absolute atomic E-state index is 0.0606. The number of nitrogens with one attached hydrogen (secondary N) is 1. The highest BCUT2D eigenvalue weighted by Gasteiger charge is 2.38. The van der Waals surface area contributed by atoms with E-state index >= 15 is 0 Å². The number of nitrogens with two attached hydrogens (primary N) is 1. The average molecular weight is 476 g/mol. The van der Waals surface area contributed by atoms with Gasteiger partial charge in [-0.25, -0.2) is 12.8 Å². The van der Waals surface area contributed by atoms with Gasteiger partial charge in [-0.1, -0.05) is 12.5 Å². The molecule has 0 saturated carbocycles. The van der Waals surface area contributed by atoms with E-state index in [0.717, 1.165) is 17.8 Å². The molecule has 1 saturated heterocycles. The maximum absolute atomic E-state index is 13.9. The summed E-state index contributed by atoms with van der Waals surface area (Å²) in [6, 6.07) is 6.61. The predicted octanol–water partition coefficient (Wildman–Crippen LogP) is 3.29. The Morgan fingerprint density at radius 2 is 2.11 bits per heavy atom. The summed E-state index contributed by atoms with van der Waals surface area (Å²) in [5, 5.41) is 2.63. The Hall–Kier alpha value is -1.33. The summed E-state index contributed by atoms with van der Waals surface area (Å²) < 4.78 is 42.0. The van der Waals surface area contributed by atoms with Crippen LogP contribution in [0.4, 0.5) is 10.1 Å². The van der Waals surface area contributed by atoms with Gasteiger partial charge in [-0.3, -0.25) is 4.79 Å². The Labute approximate surface area is 169 Å². The fourth-order valence-electron chi connectivity index (χ4n) is 3.02. The van der Waals surface area contributed by atoms with Crippen molar-refractivity contribution in [2.24, 2.45) is 5.73 Å². The molecule has 0 bridgehead atoms. The molecule has 1 fully saturated rings. The van der Waals surface area contributed by atoms with Crippen molar-refractivity contribution < 1.29 is 17.6 Å². The number of carbonyl (C=O) groups excluding carboxylic acids is 1. The van der Waals surface area contributed by atoms with E-state index in [1.165, 1.54) is 22.5 Å². The van der Waals surface area contributed by atoms with Gasteiger partial charge in [-0.2, -0.15) is 4.31 Å². The van der Waals surface area contributed by atoms with Crippen LogP contribution in [0.2, 0.25) is 0 Å². The van der Waals surface area contributed by atoms with Gasteiger partial charge in [0.25, 0.3) is 10.0 Å². The van der Waals surface area contributed by atoms with Crippen LogP contribution in [0.3, 0.4) is 0 Å². The van der Waals surface area contributed by atoms with Crippen LogP contribution in [0.15, 0.2) is 38.3 Å². The molecule has 3 N–H and O–H groups in total. The molecule has 1 amide bonds. The van der Waals surface area contributed by atoms with Crippen molar-refractivity contribution in [1.82, 2.24) is 4.31 Å². The van der Waals surface area contributed by atoms with Crippen molar-refractivity contribution in [2.45, 2.75) is 36.1 Å². The molecule has 1 unspecified atom stereocenters. The van der Waals surface area contributed by atoms with Crippen LogP contribution < -0.4 is 11.1 Å². The van der Waals surface area contributed by atoms with E-state index in [1.54, 1.807) is 12.1 Å². The van der Waals surface area contributed by atoms with E-state index in [0.29, 0.717) is 22.2 Å². The first kappa shape index (κ1) is 20.4. The topological polar surface area (TPSA) is 92.5 Å². The molecule has 6 nitrogen and oxygen atoms in total. The van der Waals surface area contributed by atoms with Gasteiger partial charge in [-0.15, -0.1) is 11.3 Å². The molecule has 27 heavy (non-hydrogen) atoms. The molecular weight excluding hydrogens is 457 g/mol. The molecule has 2 aromatic rings. The summed E-state index contributed by atoms with van der Waals surface area (Å²) in [5.41, 5.74) is 6.06. The third-order valence-corrected chi connectivity index (χ3v) is 8.41. The number of thiophene rings is 1. The van der Waals surface area contributed by atoms with Gasteiger partial charge in [0.2, 0.25) is 5.91 Å². The summed E-state index contributed by atoms with van der Waals surface area (Å²) >= 11 is 4.37. The average Bonchev–Trinajstić information content (AvgIpc) is 3.09. The van der Waals surface area contributed by atoms with Crippen LogP contribution in [0.5, 0.6) is 0 Å². The minimum Gasteiger partial charge on any atom is -0.326 e. The summed E-state index contributed by atoms with van der Waals surface area (Å²) in [4.78, 5) is 12.8. The van der Waals surface area contributed by atoms with Crippen LogP contribution in [-0.2, 0) is 21.4 Å². The Bertz CT molecular complexity index is 949. The lowest BCUT2D eigenvalue weighted by molar-refractivity contribution is -0.120. The van der Waals surface area contributed by atoms with Gasteiger partial charge in [0.05, 0.1) is 3.79 Å². The minimum atomic E-state index is -3.78. The molecule has 146 valence electrons. The van der Waals surface area contributed by atoms with Crippen molar-refractivity contribution in [2.75, 3.05) is 11.9 Å². The van der Waals surface area contributed by atoms with E-state index in [1.807, 2.05) is 0 Å². The van der Waals surface area contributed by atoms with Crippen LogP contribution in [0.25, 0.3) is 0 Å². The quantitative estimate of drug-likeness (QED) is 0.693. The monoisotopic (exact) mass is 475 g/mol. The van der Waals surface area contributed by atoms with Gasteiger partial charge >= 0.3 is 0 Å². The zero-order valence-corrected chi connectivity index (χ0v) is 17.5. The zero-order valence-electron chi connectivity index (χ0n) is 14.3. The molecule has 1 atom stereocenters. The Morgan fingerprint density at radius 1 is 1.33 bits per heavy atom. The molecule has 0 aliphatic carbocycles. The third kappa shape index (κ3) is 4.40. The number of hydrogen-bond donors (Lipinski definition) is 2. The Balaban J connectivity index is 1.82. The van der Waals surface area contributed by atoms with Crippen molar-refractivity contribution >= 4 is 48.9 Å². The van der Waals surface area contributed by atoms with Crippen molar-refractivity contribution in [3.05, 3.63) is 45.5 Å². The Kier molecular flexibility index (Phi) is 6.32. The number of hydrogen-bond acceptors (Lipinski definition) is 5. The SMILES string of the molecule is NCc1ccc(NC(=O)C2CCCCN2S(=O)(=O)c2ccc(Br)s2)cc1F. The molecule has 3 rings (SSSR count). The maximum Gasteiger partial charge on any atom is 0.253 e.